The van der Waals surface area contributed by atoms with E-state index in [1.165, 1.54) is 4.90 Å². The Kier molecular flexibility index (Phi) is 5.96. The highest BCUT2D eigenvalue weighted by Crippen LogP contribution is 2.13. The Balaban J connectivity index is 1.82. The molecule has 0 bridgehead atoms. The Morgan fingerprint density at radius 1 is 1.38 bits per heavy atom. The summed E-state index contributed by atoms with van der Waals surface area (Å²) < 4.78 is 5.15. The maximum atomic E-state index is 12.2. The molecular formula is C14H26N4O3. The van der Waals surface area contributed by atoms with Crippen LogP contribution >= 0.6 is 0 Å². The van der Waals surface area contributed by atoms with Gasteiger partial charge in [-0.3, -0.25) is 19.5 Å². The quantitative estimate of drug-likeness (QED) is 0.721. The van der Waals surface area contributed by atoms with Gasteiger partial charge in [0.15, 0.2) is 0 Å². The van der Waals surface area contributed by atoms with Crippen molar-refractivity contribution in [3.8, 4) is 0 Å². The second kappa shape index (κ2) is 7.72. The Morgan fingerprint density at radius 3 is 2.81 bits per heavy atom. The molecule has 2 aliphatic rings. The number of amides is 3. The number of ether oxygens (including phenoxy) is 1. The number of piperazine rings is 1. The first-order chi connectivity index (χ1) is 10.2. The molecule has 120 valence electrons. The Hall–Kier alpha value is -1.18. The van der Waals surface area contributed by atoms with E-state index in [1.807, 2.05) is 0 Å². The van der Waals surface area contributed by atoms with Crippen molar-refractivity contribution in [2.24, 2.45) is 0 Å². The molecule has 0 unspecified atom stereocenters. The lowest BCUT2D eigenvalue weighted by Crippen LogP contribution is -2.55. The third-order valence-electron chi connectivity index (χ3n) is 4.26. The summed E-state index contributed by atoms with van der Waals surface area (Å²) in [6, 6.07) is 0.194. The van der Waals surface area contributed by atoms with Crippen molar-refractivity contribution in [3.05, 3.63) is 0 Å². The second-order valence-electron chi connectivity index (χ2n) is 5.60. The molecule has 0 aromatic carbocycles. The highest BCUT2D eigenvalue weighted by atomic mass is 16.5. The minimum atomic E-state index is -0.259. The van der Waals surface area contributed by atoms with Gasteiger partial charge in [0.2, 0.25) is 5.91 Å². The van der Waals surface area contributed by atoms with Crippen molar-refractivity contribution in [1.29, 1.82) is 0 Å². The predicted molar refractivity (Wildman–Crippen MR) is 79.1 cm³/mol. The van der Waals surface area contributed by atoms with Crippen molar-refractivity contribution < 1.29 is 14.3 Å². The van der Waals surface area contributed by atoms with E-state index in [2.05, 4.69) is 22.0 Å². The number of imide groups is 1. The van der Waals surface area contributed by atoms with Gasteiger partial charge in [0.1, 0.15) is 0 Å². The predicted octanol–water partition coefficient (Wildman–Crippen LogP) is -0.419. The molecule has 1 N–H and O–H groups in total. The molecule has 21 heavy (non-hydrogen) atoms. The van der Waals surface area contributed by atoms with Crippen LogP contribution in [0.4, 0.5) is 4.79 Å². The van der Waals surface area contributed by atoms with Gasteiger partial charge in [-0.05, 0) is 6.42 Å². The highest BCUT2D eigenvalue weighted by molar-refractivity contribution is 5.96. The summed E-state index contributed by atoms with van der Waals surface area (Å²) in [4.78, 5) is 29.6. The molecule has 0 spiro atoms. The van der Waals surface area contributed by atoms with Gasteiger partial charge >= 0.3 is 6.03 Å². The van der Waals surface area contributed by atoms with Crippen LogP contribution in [0.25, 0.3) is 0 Å². The molecule has 0 saturated carbocycles. The maximum Gasteiger partial charge on any atom is 0.324 e. The van der Waals surface area contributed by atoms with Crippen molar-refractivity contribution in [2.45, 2.75) is 19.4 Å². The summed E-state index contributed by atoms with van der Waals surface area (Å²) in [5.74, 6) is -0.0924. The van der Waals surface area contributed by atoms with Crippen LogP contribution < -0.4 is 5.32 Å². The van der Waals surface area contributed by atoms with Crippen molar-refractivity contribution in [3.63, 3.8) is 0 Å². The second-order valence-corrected chi connectivity index (χ2v) is 5.60. The maximum absolute atomic E-state index is 12.2. The van der Waals surface area contributed by atoms with E-state index in [9.17, 15) is 9.59 Å². The topological polar surface area (TPSA) is 65.1 Å². The van der Waals surface area contributed by atoms with Crippen LogP contribution in [0.5, 0.6) is 0 Å². The first kappa shape index (κ1) is 16.2. The first-order valence-electron chi connectivity index (χ1n) is 7.69. The van der Waals surface area contributed by atoms with E-state index in [0.717, 1.165) is 39.2 Å². The minimum absolute atomic E-state index is 0.0924. The summed E-state index contributed by atoms with van der Waals surface area (Å²) >= 11 is 0. The molecule has 7 nitrogen and oxygen atoms in total. The van der Waals surface area contributed by atoms with Crippen molar-refractivity contribution in [1.82, 2.24) is 20.0 Å². The molecule has 2 heterocycles. The molecular weight excluding hydrogens is 272 g/mol. The van der Waals surface area contributed by atoms with Crippen LogP contribution in [0.15, 0.2) is 0 Å². The molecule has 0 aliphatic carbocycles. The van der Waals surface area contributed by atoms with Gasteiger partial charge in [0.25, 0.3) is 0 Å². The first-order valence-corrected chi connectivity index (χ1v) is 7.69. The summed E-state index contributed by atoms with van der Waals surface area (Å²) in [6.07, 6.45) is 1.05. The molecule has 2 aliphatic heterocycles. The number of nitrogens with one attached hydrogen (secondary N) is 1. The minimum Gasteiger partial charge on any atom is -0.383 e. The number of methoxy groups -OCH3 is 1. The summed E-state index contributed by atoms with van der Waals surface area (Å²) in [7, 11) is 1.72. The number of nitrogens with zero attached hydrogens (tertiary/aromatic N) is 3. The highest BCUT2D eigenvalue weighted by Gasteiger charge is 2.30. The normalized spacial score (nSPS) is 24.4. The summed E-state index contributed by atoms with van der Waals surface area (Å²) in [5.41, 5.74) is 0. The zero-order valence-corrected chi connectivity index (χ0v) is 13.0. The zero-order chi connectivity index (χ0) is 15.2. The molecule has 0 aromatic heterocycles. The van der Waals surface area contributed by atoms with Crippen molar-refractivity contribution >= 4 is 11.9 Å². The third-order valence-corrected chi connectivity index (χ3v) is 4.26. The Morgan fingerprint density at radius 2 is 2.19 bits per heavy atom. The van der Waals surface area contributed by atoms with Gasteiger partial charge in [-0.15, -0.1) is 0 Å². The zero-order valence-electron chi connectivity index (χ0n) is 13.0. The van der Waals surface area contributed by atoms with E-state index in [1.54, 1.807) is 7.11 Å². The number of hydrogen-bond acceptors (Lipinski definition) is 5. The third kappa shape index (κ3) is 4.15. The fraction of sp³-hybridized carbons (Fsp3) is 0.857. The molecule has 2 saturated heterocycles. The summed E-state index contributed by atoms with van der Waals surface area (Å²) in [5, 5.41) is 2.66. The van der Waals surface area contributed by atoms with Crippen LogP contribution in [-0.4, -0.2) is 92.2 Å². The van der Waals surface area contributed by atoms with Gasteiger partial charge in [-0.2, -0.15) is 0 Å². The Labute approximate surface area is 126 Å². The van der Waals surface area contributed by atoms with E-state index < -0.39 is 0 Å². The fourth-order valence-electron chi connectivity index (χ4n) is 2.98. The van der Waals surface area contributed by atoms with Crippen LogP contribution in [0.1, 0.15) is 13.3 Å². The lowest BCUT2D eigenvalue weighted by atomic mass is 10.1. The van der Waals surface area contributed by atoms with E-state index in [4.69, 9.17) is 4.74 Å². The fourth-order valence-corrected chi connectivity index (χ4v) is 2.98. The smallest absolute Gasteiger partial charge is 0.324 e. The van der Waals surface area contributed by atoms with Crippen molar-refractivity contribution in [2.75, 3.05) is 59.5 Å². The lowest BCUT2D eigenvalue weighted by Gasteiger charge is -2.41. The number of hydrogen-bond donors (Lipinski definition) is 1. The van der Waals surface area contributed by atoms with Gasteiger partial charge in [-0.25, -0.2) is 4.79 Å². The largest absolute Gasteiger partial charge is 0.383 e. The summed E-state index contributed by atoms with van der Waals surface area (Å²) in [6.45, 7) is 7.92. The van der Waals surface area contributed by atoms with Crippen LogP contribution in [0, 0.1) is 0 Å². The molecule has 2 rings (SSSR count). The Bertz CT molecular complexity index is 377. The molecule has 0 aromatic rings. The van der Waals surface area contributed by atoms with Gasteiger partial charge in [-0.1, -0.05) is 6.92 Å². The van der Waals surface area contributed by atoms with Crippen LogP contribution in [0.3, 0.4) is 0 Å². The van der Waals surface area contributed by atoms with Gasteiger partial charge in [0.05, 0.1) is 13.2 Å². The average molecular weight is 298 g/mol. The van der Waals surface area contributed by atoms with E-state index in [-0.39, 0.29) is 11.9 Å². The van der Waals surface area contributed by atoms with Crippen LogP contribution in [0.2, 0.25) is 0 Å². The van der Waals surface area contributed by atoms with Gasteiger partial charge in [0, 0.05) is 52.4 Å². The molecule has 0 radical (unpaired) electrons. The van der Waals surface area contributed by atoms with E-state index >= 15 is 0 Å². The monoisotopic (exact) mass is 298 g/mol. The van der Waals surface area contributed by atoms with E-state index in [0.29, 0.717) is 25.7 Å². The number of carbonyl (C=O) groups excluding carboxylic acids is 2. The SMILES string of the molecule is CC[C@@H]1CN(CC(=O)N2CCNC2=O)CCN1CCOC. The average Bonchev–Trinajstić information content (AvgIpc) is 2.92. The van der Waals surface area contributed by atoms with Crippen LogP contribution in [-0.2, 0) is 9.53 Å². The van der Waals surface area contributed by atoms with Gasteiger partial charge < -0.3 is 10.1 Å². The molecule has 2 fully saturated rings. The molecule has 7 heteroatoms. The number of rotatable bonds is 6. The standard InChI is InChI=1S/C14H26N4O3/c1-3-12-10-16(6-7-17(12)8-9-21-2)11-13(19)18-5-4-15-14(18)20/h12H,3-11H2,1-2H3,(H,15,20)/t12-/m1/s1. The molecule has 3 amide bonds. The number of urea groups is 1. The lowest BCUT2D eigenvalue weighted by molar-refractivity contribution is -0.129. The number of carbonyl (C=O) groups is 2. The molecule has 1 atom stereocenters.